The molecule has 2 aliphatic heterocycles. The number of aromatic nitrogens is 1. The fraction of sp³-hybridized carbons (Fsp3) is 0.300. The molecule has 1 unspecified atom stereocenters. The van der Waals surface area contributed by atoms with Gasteiger partial charge in [-0.15, -0.1) is 11.3 Å². The smallest absolute Gasteiger partial charge is 0.321 e. The van der Waals surface area contributed by atoms with Crippen LogP contribution in [-0.2, 0) is 11.2 Å². The first-order chi connectivity index (χ1) is 12.8. The first-order valence-electron chi connectivity index (χ1n) is 8.84. The van der Waals surface area contributed by atoms with Crippen LogP contribution >= 0.6 is 11.3 Å². The van der Waals surface area contributed by atoms with Crippen molar-refractivity contribution >= 4 is 27.5 Å². The lowest BCUT2D eigenvalue weighted by Gasteiger charge is -2.23. The van der Waals surface area contributed by atoms with Gasteiger partial charge in [-0.1, -0.05) is 18.2 Å². The van der Waals surface area contributed by atoms with E-state index >= 15 is 0 Å². The van der Waals surface area contributed by atoms with Crippen molar-refractivity contribution in [2.24, 2.45) is 0 Å². The van der Waals surface area contributed by atoms with E-state index in [-0.39, 0.29) is 18.0 Å². The van der Waals surface area contributed by atoms with Crippen LogP contribution in [0, 0.1) is 0 Å². The molecular formula is C20H18N2O3S. The van der Waals surface area contributed by atoms with E-state index in [2.05, 4.69) is 10.3 Å². The largest absolute Gasteiger partial charge is 0.489 e. The van der Waals surface area contributed by atoms with Crippen molar-refractivity contribution < 1.29 is 14.3 Å². The first-order valence-corrected chi connectivity index (χ1v) is 9.65. The Labute approximate surface area is 155 Å². The van der Waals surface area contributed by atoms with Crippen molar-refractivity contribution in [1.29, 1.82) is 0 Å². The summed E-state index contributed by atoms with van der Waals surface area (Å²) in [5, 5.41) is 4.10. The zero-order valence-corrected chi connectivity index (χ0v) is 14.9. The molecule has 1 aromatic heterocycles. The lowest BCUT2D eigenvalue weighted by atomic mass is 9.96. The third kappa shape index (κ3) is 2.85. The molecule has 26 heavy (non-hydrogen) atoms. The Hall–Kier alpha value is -2.44. The summed E-state index contributed by atoms with van der Waals surface area (Å²) < 4.78 is 12.7. The maximum absolute atomic E-state index is 12.6. The number of thiazole rings is 1. The van der Waals surface area contributed by atoms with E-state index in [4.69, 9.17) is 9.47 Å². The summed E-state index contributed by atoms with van der Waals surface area (Å²) >= 11 is 1.56. The van der Waals surface area contributed by atoms with E-state index in [1.54, 1.807) is 11.3 Å². The minimum absolute atomic E-state index is 0.183. The Morgan fingerprint density at radius 3 is 3.00 bits per heavy atom. The van der Waals surface area contributed by atoms with Crippen LogP contribution in [0.25, 0.3) is 10.2 Å². The molecule has 6 heteroatoms. The summed E-state index contributed by atoms with van der Waals surface area (Å²) in [7, 11) is 0. The number of ether oxygens (including phenoxy) is 2. The Bertz CT molecular complexity index is 945. The van der Waals surface area contributed by atoms with Crippen LogP contribution in [0.1, 0.15) is 22.9 Å². The minimum Gasteiger partial charge on any atom is -0.489 e. The summed E-state index contributed by atoms with van der Waals surface area (Å²) in [5.74, 6) is 0.779. The van der Waals surface area contributed by atoms with Crippen molar-refractivity contribution in [2.45, 2.75) is 24.9 Å². The second-order valence-corrected chi connectivity index (χ2v) is 7.76. The van der Waals surface area contributed by atoms with E-state index in [0.29, 0.717) is 12.2 Å². The van der Waals surface area contributed by atoms with E-state index in [1.165, 1.54) is 0 Å². The number of carbonyl (C=O) groups excluding carboxylic acids is 1. The van der Waals surface area contributed by atoms with Crippen molar-refractivity contribution in [3.8, 4) is 11.5 Å². The van der Waals surface area contributed by atoms with E-state index in [1.807, 2.05) is 42.5 Å². The number of para-hydroxylation sites is 1. The number of rotatable bonds is 3. The fourth-order valence-electron chi connectivity index (χ4n) is 3.50. The van der Waals surface area contributed by atoms with Crippen LogP contribution < -0.4 is 14.8 Å². The number of hydrogen-bond acceptors (Lipinski definition) is 6. The van der Waals surface area contributed by atoms with E-state index in [0.717, 1.165) is 46.0 Å². The molecule has 0 radical (unpaired) electrons. The van der Waals surface area contributed by atoms with Gasteiger partial charge in [-0.05, 0) is 43.1 Å². The van der Waals surface area contributed by atoms with Crippen LogP contribution in [0.2, 0.25) is 0 Å². The Morgan fingerprint density at radius 2 is 2.15 bits per heavy atom. The third-order valence-corrected chi connectivity index (χ3v) is 6.03. The van der Waals surface area contributed by atoms with Gasteiger partial charge in [0.15, 0.2) is 0 Å². The Morgan fingerprint density at radius 1 is 1.23 bits per heavy atom. The Balaban J connectivity index is 1.40. The number of esters is 1. The number of nitrogens with one attached hydrogen (secondary N) is 1. The highest BCUT2D eigenvalue weighted by Gasteiger charge is 2.32. The molecule has 0 saturated carbocycles. The van der Waals surface area contributed by atoms with Gasteiger partial charge in [0.25, 0.3) is 0 Å². The molecule has 2 aromatic carbocycles. The quantitative estimate of drug-likeness (QED) is 0.569. The molecule has 0 amide bonds. The van der Waals surface area contributed by atoms with Gasteiger partial charge in [-0.3, -0.25) is 4.79 Å². The molecule has 5 nitrogen and oxygen atoms in total. The lowest BCUT2D eigenvalue weighted by Crippen LogP contribution is -2.26. The molecular weight excluding hydrogens is 348 g/mol. The maximum atomic E-state index is 12.6. The van der Waals surface area contributed by atoms with Gasteiger partial charge in [0.05, 0.1) is 10.2 Å². The zero-order chi connectivity index (χ0) is 17.5. The summed E-state index contributed by atoms with van der Waals surface area (Å²) in [6.07, 6.45) is 1.79. The molecule has 5 rings (SSSR count). The lowest BCUT2D eigenvalue weighted by molar-refractivity contribution is -0.137. The third-order valence-electron chi connectivity index (χ3n) is 4.88. The average molecular weight is 366 g/mol. The number of benzene rings is 2. The molecule has 0 spiro atoms. The highest BCUT2D eigenvalue weighted by Crippen LogP contribution is 2.38. The van der Waals surface area contributed by atoms with Gasteiger partial charge >= 0.3 is 5.97 Å². The van der Waals surface area contributed by atoms with Crippen LogP contribution in [-0.4, -0.2) is 30.1 Å². The topological polar surface area (TPSA) is 60.5 Å². The highest BCUT2D eigenvalue weighted by molar-refractivity contribution is 7.18. The SMILES string of the molecule is O=C1Oc2cc(O[C@H]3CCNC3)ccc2CC1c1nc2ccccc2s1. The molecule has 2 aliphatic rings. The fourth-order valence-corrected chi connectivity index (χ4v) is 4.56. The zero-order valence-electron chi connectivity index (χ0n) is 14.1. The van der Waals surface area contributed by atoms with E-state index in [9.17, 15) is 4.79 Å². The summed E-state index contributed by atoms with van der Waals surface area (Å²) in [6.45, 7) is 1.84. The van der Waals surface area contributed by atoms with Crippen LogP contribution in [0.3, 0.4) is 0 Å². The second-order valence-electron chi connectivity index (χ2n) is 6.70. The van der Waals surface area contributed by atoms with Crippen LogP contribution in [0.4, 0.5) is 0 Å². The predicted molar refractivity (Wildman–Crippen MR) is 100 cm³/mol. The van der Waals surface area contributed by atoms with Gasteiger partial charge in [-0.25, -0.2) is 4.98 Å². The normalized spacial score (nSPS) is 22.2. The van der Waals surface area contributed by atoms with E-state index < -0.39 is 0 Å². The first kappa shape index (κ1) is 15.8. The van der Waals surface area contributed by atoms with Crippen molar-refractivity contribution in [1.82, 2.24) is 10.3 Å². The van der Waals surface area contributed by atoms with Gasteiger partial charge in [0.2, 0.25) is 0 Å². The highest BCUT2D eigenvalue weighted by atomic mass is 32.1. The van der Waals surface area contributed by atoms with Crippen molar-refractivity contribution in [2.75, 3.05) is 13.1 Å². The van der Waals surface area contributed by atoms with Crippen molar-refractivity contribution in [3.63, 3.8) is 0 Å². The van der Waals surface area contributed by atoms with Gasteiger partial charge in [-0.2, -0.15) is 0 Å². The molecule has 132 valence electrons. The van der Waals surface area contributed by atoms with Gasteiger partial charge in [0.1, 0.15) is 28.5 Å². The number of hydrogen-bond donors (Lipinski definition) is 1. The summed E-state index contributed by atoms with van der Waals surface area (Å²) in [6, 6.07) is 13.7. The number of fused-ring (bicyclic) bond motifs is 2. The average Bonchev–Trinajstić information content (AvgIpc) is 3.30. The van der Waals surface area contributed by atoms with Gasteiger partial charge < -0.3 is 14.8 Å². The van der Waals surface area contributed by atoms with Crippen LogP contribution in [0.5, 0.6) is 11.5 Å². The standard InChI is InChI=1S/C20H18N2O3S/c23-20-15(19-22-16-3-1-2-4-18(16)26-19)9-12-5-6-13(10-17(12)25-20)24-14-7-8-21-11-14/h1-6,10,14-15,21H,7-9,11H2/t14-,15?/m0/s1. The minimum atomic E-state index is -0.342. The molecule has 1 saturated heterocycles. The number of nitrogens with zero attached hydrogens (tertiary/aromatic N) is 1. The molecule has 3 aromatic rings. The second kappa shape index (κ2) is 6.37. The molecule has 2 atom stereocenters. The summed E-state index contributed by atoms with van der Waals surface area (Å²) in [4.78, 5) is 17.2. The molecule has 0 aliphatic carbocycles. The monoisotopic (exact) mass is 366 g/mol. The van der Waals surface area contributed by atoms with Gasteiger partial charge in [0, 0.05) is 12.6 Å². The Kier molecular flexibility index (Phi) is 3.87. The maximum Gasteiger partial charge on any atom is 0.321 e. The molecule has 1 N–H and O–H groups in total. The molecule has 1 fully saturated rings. The van der Waals surface area contributed by atoms with Crippen LogP contribution in [0.15, 0.2) is 42.5 Å². The molecule has 0 bridgehead atoms. The number of carbonyl (C=O) groups is 1. The predicted octanol–water partition coefficient (Wildman–Crippen LogP) is 3.28. The molecule has 3 heterocycles. The van der Waals surface area contributed by atoms with Crippen molar-refractivity contribution in [3.05, 3.63) is 53.0 Å². The summed E-state index contributed by atoms with van der Waals surface area (Å²) in [5.41, 5.74) is 1.95.